The summed E-state index contributed by atoms with van der Waals surface area (Å²) < 4.78 is 7.53. The van der Waals surface area contributed by atoms with Gasteiger partial charge in [-0.2, -0.15) is 4.58 Å². The molecule has 0 N–H and O–H groups in total. The molecule has 8 aromatic rings. The SMILES string of the molecule is CC1(C)c2ccccc2-c2ccc(-n3c4ccccc4c4c5c6cccc7c6n(c5ccc43)C3C=CC=CC3=[N+]7c3ccccc3)cc21. The van der Waals surface area contributed by atoms with Crippen LogP contribution in [0.3, 0.4) is 0 Å². The molecule has 0 fully saturated rings. The highest BCUT2D eigenvalue weighted by atomic mass is 15.2. The number of benzene rings is 6. The second-order valence-corrected chi connectivity index (χ2v) is 13.9. The van der Waals surface area contributed by atoms with Crippen molar-refractivity contribution in [3.63, 3.8) is 0 Å². The Bertz CT molecular complexity index is 2800. The molecule has 1 atom stereocenters. The molecule has 3 heteroatoms. The molecule has 0 saturated heterocycles. The molecular formula is C45H32N3+. The Morgan fingerprint density at radius 1 is 0.604 bits per heavy atom. The van der Waals surface area contributed by atoms with E-state index in [1.54, 1.807) is 0 Å². The van der Waals surface area contributed by atoms with Crippen LogP contribution in [0.15, 0.2) is 152 Å². The third-order valence-corrected chi connectivity index (χ3v) is 11.2. The van der Waals surface area contributed by atoms with E-state index in [2.05, 4.69) is 179 Å². The van der Waals surface area contributed by atoms with Crippen molar-refractivity contribution < 1.29 is 0 Å². The van der Waals surface area contributed by atoms with Gasteiger partial charge in [0.05, 0.1) is 16.6 Å². The summed E-state index contributed by atoms with van der Waals surface area (Å²) in [4.78, 5) is 0. The van der Waals surface area contributed by atoms with Gasteiger partial charge in [-0.15, -0.1) is 0 Å². The molecule has 0 spiro atoms. The van der Waals surface area contributed by atoms with Gasteiger partial charge in [-0.1, -0.05) is 111 Å². The Hall–Kier alpha value is -5.93. The number of allylic oxidation sites excluding steroid dienone is 4. The Morgan fingerprint density at radius 2 is 1.35 bits per heavy atom. The van der Waals surface area contributed by atoms with Gasteiger partial charge in [0.2, 0.25) is 17.1 Å². The van der Waals surface area contributed by atoms with E-state index in [9.17, 15) is 0 Å². The molecule has 3 nitrogen and oxygen atoms in total. The summed E-state index contributed by atoms with van der Waals surface area (Å²) in [6, 6.07) is 47.4. The van der Waals surface area contributed by atoms with Gasteiger partial charge < -0.3 is 9.13 Å². The van der Waals surface area contributed by atoms with Gasteiger partial charge in [0.15, 0.2) is 0 Å². The molecule has 11 rings (SSSR count). The maximum atomic E-state index is 2.58. The summed E-state index contributed by atoms with van der Waals surface area (Å²) >= 11 is 0. The third-order valence-electron chi connectivity index (χ3n) is 11.2. The van der Waals surface area contributed by atoms with Crippen molar-refractivity contribution in [3.05, 3.63) is 163 Å². The van der Waals surface area contributed by atoms with Crippen LogP contribution in [-0.2, 0) is 5.41 Å². The van der Waals surface area contributed by atoms with Gasteiger partial charge in [-0.05, 0) is 52.6 Å². The minimum Gasteiger partial charge on any atom is -0.318 e. The van der Waals surface area contributed by atoms with Gasteiger partial charge in [0.1, 0.15) is 11.6 Å². The Labute approximate surface area is 278 Å². The summed E-state index contributed by atoms with van der Waals surface area (Å²) in [5.41, 5.74) is 15.4. The number of nitrogens with zero attached hydrogens (tertiary/aromatic N) is 3. The fraction of sp³-hybridized carbons (Fsp3) is 0.0889. The first kappa shape index (κ1) is 26.2. The predicted octanol–water partition coefficient (Wildman–Crippen LogP) is 11.2. The molecule has 3 heterocycles. The number of fused-ring (bicyclic) bond motifs is 12. The van der Waals surface area contributed by atoms with E-state index in [4.69, 9.17) is 0 Å². The van der Waals surface area contributed by atoms with Crippen molar-refractivity contribution in [3.8, 4) is 16.8 Å². The molecule has 2 aliphatic carbocycles. The van der Waals surface area contributed by atoms with E-state index in [0.717, 1.165) is 0 Å². The Morgan fingerprint density at radius 3 is 2.27 bits per heavy atom. The van der Waals surface area contributed by atoms with Gasteiger partial charge in [0, 0.05) is 56.9 Å². The lowest BCUT2D eigenvalue weighted by Crippen LogP contribution is -2.30. The molecule has 2 aromatic heterocycles. The summed E-state index contributed by atoms with van der Waals surface area (Å²) in [6.07, 6.45) is 8.99. The number of rotatable bonds is 2. The number of aromatic nitrogens is 2. The topological polar surface area (TPSA) is 12.9 Å². The second kappa shape index (κ2) is 9.11. The van der Waals surface area contributed by atoms with Crippen molar-refractivity contribution in [2.75, 3.05) is 0 Å². The zero-order chi connectivity index (χ0) is 31.7. The van der Waals surface area contributed by atoms with Gasteiger partial charge in [-0.3, -0.25) is 0 Å². The minimum atomic E-state index is -0.0617. The second-order valence-electron chi connectivity index (χ2n) is 13.9. The number of hydrogen-bond donors (Lipinski definition) is 0. The van der Waals surface area contributed by atoms with Gasteiger partial charge in [0.25, 0.3) is 0 Å². The number of hydrogen-bond acceptors (Lipinski definition) is 0. The maximum absolute atomic E-state index is 2.58. The van der Waals surface area contributed by atoms with Crippen molar-refractivity contribution >= 4 is 60.7 Å². The molecule has 0 radical (unpaired) electrons. The quantitative estimate of drug-likeness (QED) is 0.172. The first-order chi connectivity index (χ1) is 23.6. The van der Waals surface area contributed by atoms with Gasteiger partial charge in [-0.25, -0.2) is 0 Å². The lowest BCUT2D eigenvalue weighted by atomic mass is 9.82. The number of para-hydroxylation sites is 3. The molecule has 1 unspecified atom stereocenters. The largest absolute Gasteiger partial charge is 0.318 e. The van der Waals surface area contributed by atoms with Crippen molar-refractivity contribution in [2.24, 2.45) is 0 Å². The van der Waals surface area contributed by atoms with Crippen molar-refractivity contribution in [1.29, 1.82) is 0 Å². The fourth-order valence-electron chi connectivity index (χ4n) is 9.16. The third kappa shape index (κ3) is 3.16. The van der Waals surface area contributed by atoms with E-state index in [0.29, 0.717) is 0 Å². The van der Waals surface area contributed by atoms with Crippen LogP contribution in [-0.4, -0.2) is 14.8 Å². The van der Waals surface area contributed by atoms with Crippen LogP contribution in [0.25, 0.3) is 60.4 Å². The van der Waals surface area contributed by atoms with Crippen LogP contribution in [0.5, 0.6) is 0 Å². The standard InChI is InChI=1S/C45H32N3/c1-45(2)34-18-8-6-15-30(34)31-24-23-29(27-35(31)45)47-36-19-9-7-16-32(36)42-39(47)25-26-40-43(42)33-17-12-22-41-44(33)48(40)38-21-11-10-20-37(38)46(41)28-13-4-3-5-14-28/h3-27,38H,1-2H3/q+1. The van der Waals surface area contributed by atoms with Crippen LogP contribution in [0.1, 0.15) is 31.0 Å². The van der Waals surface area contributed by atoms with Crippen molar-refractivity contribution in [1.82, 2.24) is 13.7 Å². The molecule has 0 amide bonds. The summed E-state index contributed by atoms with van der Waals surface area (Å²) in [7, 11) is 0. The van der Waals surface area contributed by atoms with E-state index < -0.39 is 0 Å². The normalized spacial score (nSPS) is 17.1. The highest BCUT2D eigenvalue weighted by molar-refractivity contribution is 6.30. The molecule has 6 aromatic carbocycles. The summed E-state index contributed by atoms with van der Waals surface area (Å²) in [5.74, 6) is 0. The van der Waals surface area contributed by atoms with E-state index >= 15 is 0 Å². The molecule has 3 aliphatic rings. The average Bonchev–Trinajstić information content (AvgIpc) is 3.73. The molecular weight excluding hydrogens is 583 g/mol. The summed E-state index contributed by atoms with van der Waals surface area (Å²) in [5, 5.41) is 5.22. The van der Waals surface area contributed by atoms with E-state index in [-0.39, 0.29) is 11.5 Å². The lowest BCUT2D eigenvalue weighted by molar-refractivity contribution is 0.660. The Balaban J connectivity index is 1.24. The van der Waals surface area contributed by atoms with Gasteiger partial charge >= 0.3 is 0 Å². The maximum Gasteiger partial charge on any atom is 0.235 e. The Kier molecular flexibility index (Phi) is 4.97. The minimum absolute atomic E-state index is 0.0617. The van der Waals surface area contributed by atoms with E-state index in [1.807, 2.05) is 0 Å². The summed E-state index contributed by atoms with van der Waals surface area (Å²) in [6.45, 7) is 4.73. The van der Waals surface area contributed by atoms with Crippen LogP contribution < -0.4 is 4.58 Å². The first-order valence-electron chi connectivity index (χ1n) is 16.9. The monoisotopic (exact) mass is 614 g/mol. The molecule has 1 aliphatic heterocycles. The zero-order valence-electron chi connectivity index (χ0n) is 26.9. The van der Waals surface area contributed by atoms with Crippen LogP contribution >= 0.6 is 0 Å². The highest BCUT2D eigenvalue weighted by Crippen LogP contribution is 2.51. The predicted molar refractivity (Wildman–Crippen MR) is 202 cm³/mol. The average molecular weight is 615 g/mol. The van der Waals surface area contributed by atoms with E-state index in [1.165, 1.54) is 88.6 Å². The van der Waals surface area contributed by atoms with Crippen LogP contribution in [0.2, 0.25) is 0 Å². The molecule has 0 saturated carbocycles. The van der Waals surface area contributed by atoms with Crippen LogP contribution in [0.4, 0.5) is 11.4 Å². The first-order valence-corrected chi connectivity index (χ1v) is 16.9. The van der Waals surface area contributed by atoms with Crippen molar-refractivity contribution in [2.45, 2.75) is 25.3 Å². The zero-order valence-corrected chi connectivity index (χ0v) is 26.9. The smallest absolute Gasteiger partial charge is 0.235 e. The lowest BCUT2D eigenvalue weighted by Gasteiger charge is -2.24. The molecule has 48 heavy (non-hydrogen) atoms. The van der Waals surface area contributed by atoms with Crippen LogP contribution in [0, 0.1) is 0 Å². The fourth-order valence-corrected chi connectivity index (χ4v) is 9.16. The molecule has 0 bridgehead atoms. The highest BCUT2D eigenvalue weighted by Gasteiger charge is 2.38. The molecule has 226 valence electrons.